The summed E-state index contributed by atoms with van der Waals surface area (Å²) in [4.78, 5) is 0. The van der Waals surface area contributed by atoms with E-state index in [2.05, 4.69) is 15.3 Å². The summed E-state index contributed by atoms with van der Waals surface area (Å²) in [5.41, 5.74) is 1.89. The van der Waals surface area contributed by atoms with Gasteiger partial charge in [-0.05, 0) is 18.3 Å². The zero-order valence-corrected chi connectivity index (χ0v) is 10.1. The third kappa shape index (κ3) is 1.70. The average molecular weight is 258 g/mol. The van der Waals surface area contributed by atoms with E-state index in [1.54, 1.807) is 10.9 Å². The number of aromatic nitrogens is 5. The van der Waals surface area contributed by atoms with Crippen LogP contribution in [-0.4, -0.2) is 24.7 Å². The largest absolute Gasteiger partial charge is 0.334 e. The van der Waals surface area contributed by atoms with E-state index in [1.165, 1.54) is 4.68 Å². The van der Waals surface area contributed by atoms with Crippen molar-refractivity contribution in [1.82, 2.24) is 24.7 Å². The first-order chi connectivity index (χ1) is 8.75. The van der Waals surface area contributed by atoms with Crippen molar-refractivity contribution in [2.24, 2.45) is 0 Å². The van der Waals surface area contributed by atoms with Crippen LogP contribution in [0, 0.1) is 4.77 Å². The van der Waals surface area contributed by atoms with Crippen LogP contribution in [0.15, 0.2) is 42.6 Å². The fourth-order valence-corrected chi connectivity index (χ4v) is 1.78. The van der Waals surface area contributed by atoms with Crippen molar-refractivity contribution in [2.75, 3.05) is 5.84 Å². The highest BCUT2D eigenvalue weighted by molar-refractivity contribution is 7.71. The normalized spacial score (nSPS) is 10.7. The van der Waals surface area contributed by atoms with Crippen LogP contribution in [-0.2, 0) is 0 Å². The second kappa shape index (κ2) is 4.11. The number of nitrogen functional groups attached to an aromatic ring is 1. The average Bonchev–Trinajstić information content (AvgIpc) is 3.00. The van der Waals surface area contributed by atoms with Gasteiger partial charge in [-0.3, -0.25) is 0 Å². The molecule has 2 heterocycles. The first-order valence-corrected chi connectivity index (χ1v) is 5.70. The van der Waals surface area contributed by atoms with Crippen LogP contribution in [0.4, 0.5) is 0 Å². The monoisotopic (exact) mass is 258 g/mol. The van der Waals surface area contributed by atoms with E-state index in [1.807, 2.05) is 36.4 Å². The third-order valence-electron chi connectivity index (χ3n) is 2.55. The number of hydrogen-bond acceptors (Lipinski definition) is 4. The molecule has 0 radical (unpaired) electrons. The summed E-state index contributed by atoms with van der Waals surface area (Å²) >= 11 is 4.95. The minimum atomic E-state index is 0.349. The Balaban J connectivity index is 2.05. The van der Waals surface area contributed by atoms with Gasteiger partial charge in [0.2, 0.25) is 4.77 Å². The van der Waals surface area contributed by atoms with Crippen LogP contribution >= 0.6 is 12.2 Å². The smallest absolute Gasteiger partial charge is 0.269 e. The SMILES string of the molecule is Nn1c(-n2ccc(-c3ccccc3)n2)n[nH]c1=S. The zero-order chi connectivity index (χ0) is 12.5. The van der Waals surface area contributed by atoms with Crippen LogP contribution < -0.4 is 5.84 Å². The van der Waals surface area contributed by atoms with Gasteiger partial charge >= 0.3 is 0 Å². The predicted octanol–water partition coefficient (Wildman–Crippen LogP) is 1.51. The molecule has 0 unspecified atom stereocenters. The number of hydrogen-bond donors (Lipinski definition) is 2. The zero-order valence-electron chi connectivity index (χ0n) is 9.32. The Morgan fingerprint density at radius 1 is 1.17 bits per heavy atom. The number of nitrogens with one attached hydrogen (secondary N) is 1. The summed E-state index contributed by atoms with van der Waals surface area (Å²) in [6.45, 7) is 0. The minimum absolute atomic E-state index is 0.349. The molecule has 0 saturated carbocycles. The molecule has 0 aliphatic carbocycles. The Morgan fingerprint density at radius 2 is 1.94 bits per heavy atom. The second-order valence-electron chi connectivity index (χ2n) is 3.71. The number of H-pyrrole nitrogens is 1. The molecular weight excluding hydrogens is 248 g/mol. The molecule has 3 N–H and O–H groups in total. The maximum Gasteiger partial charge on any atom is 0.269 e. The van der Waals surface area contributed by atoms with E-state index in [4.69, 9.17) is 18.1 Å². The van der Waals surface area contributed by atoms with E-state index < -0.39 is 0 Å². The molecule has 0 amide bonds. The second-order valence-corrected chi connectivity index (χ2v) is 4.10. The summed E-state index contributed by atoms with van der Waals surface area (Å²) in [5.74, 6) is 6.19. The number of benzene rings is 1. The Hall–Kier alpha value is -2.41. The number of nitrogens with two attached hydrogens (primary N) is 1. The van der Waals surface area contributed by atoms with Crippen molar-refractivity contribution in [3.05, 3.63) is 47.4 Å². The molecule has 3 rings (SSSR count). The topological polar surface area (TPSA) is 77.4 Å². The Labute approximate surface area is 108 Å². The number of nitrogens with zero attached hydrogens (tertiary/aromatic N) is 4. The molecule has 0 spiro atoms. The predicted molar refractivity (Wildman–Crippen MR) is 70.1 cm³/mol. The molecule has 1 aromatic carbocycles. The van der Waals surface area contributed by atoms with Gasteiger partial charge in [-0.2, -0.15) is 9.77 Å². The molecule has 6 nitrogen and oxygen atoms in total. The maximum atomic E-state index is 5.74. The summed E-state index contributed by atoms with van der Waals surface area (Å²) in [6.07, 6.45) is 1.79. The third-order valence-corrected chi connectivity index (χ3v) is 2.84. The maximum absolute atomic E-state index is 5.74. The molecule has 2 aromatic heterocycles. The summed E-state index contributed by atoms with van der Waals surface area (Å²) in [7, 11) is 0. The molecule has 0 atom stereocenters. The molecule has 0 bridgehead atoms. The van der Waals surface area contributed by atoms with Gasteiger partial charge in [0.25, 0.3) is 5.95 Å². The van der Waals surface area contributed by atoms with Gasteiger partial charge in [-0.1, -0.05) is 30.3 Å². The molecule has 18 heavy (non-hydrogen) atoms. The van der Waals surface area contributed by atoms with Crippen LogP contribution in [0.1, 0.15) is 0 Å². The lowest BCUT2D eigenvalue weighted by molar-refractivity contribution is 0.771. The summed E-state index contributed by atoms with van der Waals surface area (Å²) < 4.78 is 3.20. The van der Waals surface area contributed by atoms with E-state index in [-0.39, 0.29) is 0 Å². The van der Waals surface area contributed by atoms with Crippen molar-refractivity contribution >= 4 is 12.2 Å². The van der Waals surface area contributed by atoms with Crippen molar-refractivity contribution < 1.29 is 0 Å². The lowest BCUT2D eigenvalue weighted by Gasteiger charge is -1.99. The van der Waals surface area contributed by atoms with Crippen molar-refractivity contribution in [3.63, 3.8) is 0 Å². The van der Waals surface area contributed by atoms with Gasteiger partial charge in [0.05, 0.1) is 5.69 Å². The van der Waals surface area contributed by atoms with E-state index in [0.717, 1.165) is 11.3 Å². The quantitative estimate of drug-likeness (QED) is 0.539. The molecule has 90 valence electrons. The fourth-order valence-electron chi connectivity index (χ4n) is 1.66. The van der Waals surface area contributed by atoms with Crippen molar-refractivity contribution in [1.29, 1.82) is 0 Å². The first-order valence-electron chi connectivity index (χ1n) is 5.29. The molecule has 0 fully saturated rings. The molecule has 3 aromatic rings. The minimum Gasteiger partial charge on any atom is -0.334 e. The van der Waals surface area contributed by atoms with E-state index in [0.29, 0.717) is 10.7 Å². The van der Waals surface area contributed by atoms with Crippen LogP contribution in [0.3, 0.4) is 0 Å². The van der Waals surface area contributed by atoms with E-state index in [9.17, 15) is 0 Å². The lowest BCUT2D eigenvalue weighted by Crippen LogP contribution is -2.14. The van der Waals surface area contributed by atoms with Gasteiger partial charge in [0, 0.05) is 11.8 Å². The van der Waals surface area contributed by atoms with Crippen molar-refractivity contribution in [3.8, 4) is 17.2 Å². The van der Waals surface area contributed by atoms with E-state index >= 15 is 0 Å². The van der Waals surface area contributed by atoms with Crippen molar-refractivity contribution in [2.45, 2.75) is 0 Å². The highest BCUT2D eigenvalue weighted by atomic mass is 32.1. The number of aromatic amines is 1. The fraction of sp³-hybridized carbons (Fsp3) is 0. The lowest BCUT2D eigenvalue weighted by atomic mass is 10.2. The molecule has 0 aliphatic heterocycles. The van der Waals surface area contributed by atoms with Gasteiger partial charge in [-0.25, -0.2) is 9.78 Å². The van der Waals surface area contributed by atoms with Crippen LogP contribution in [0.2, 0.25) is 0 Å². The Bertz CT molecular complexity index is 723. The summed E-state index contributed by atoms with van der Waals surface area (Å²) in [5, 5.41) is 11.0. The number of rotatable bonds is 2. The first kappa shape index (κ1) is 10.7. The Morgan fingerprint density at radius 3 is 2.61 bits per heavy atom. The highest BCUT2D eigenvalue weighted by Crippen LogP contribution is 2.16. The standard InChI is InChI=1S/C11H10N6S/c12-17-10(13-14-11(17)18)16-7-6-9(15-16)8-4-2-1-3-5-8/h1-7H,12H2,(H,14,18). The Kier molecular flexibility index (Phi) is 2.45. The molecule has 7 heteroatoms. The van der Waals surface area contributed by atoms with Crippen LogP contribution in [0.5, 0.6) is 0 Å². The van der Waals surface area contributed by atoms with Gasteiger partial charge in [0.15, 0.2) is 0 Å². The summed E-state index contributed by atoms with van der Waals surface area (Å²) in [6, 6.07) is 11.8. The highest BCUT2D eigenvalue weighted by Gasteiger charge is 2.08. The van der Waals surface area contributed by atoms with Crippen LogP contribution in [0.25, 0.3) is 17.2 Å². The molecule has 0 aliphatic rings. The van der Waals surface area contributed by atoms with Gasteiger partial charge < -0.3 is 5.84 Å². The van der Waals surface area contributed by atoms with Gasteiger partial charge in [0.1, 0.15) is 0 Å². The molecule has 0 saturated heterocycles. The van der Waals surface area contributed by atoms with Gasteiger partial charge in [-0.15, -0.1) is 5.10 Å². The molecular formula is C11H10N6S.